The van der Waals surface area contributed by atoms with E-state index in [1.165, 1.54) is 12.8 Å². The molecule has 0 atom stereocenters. The molecule has 2 rings (SSSR count). The number of carbonyl (C=O) groups excluding carboxylic acids is 1. The summed E-state index contributed by atoms with van der Waals surface area (Å²) in [5, 5.41) is 8.95. The Bertz CT molecular complexity index is 579. The molecule has 0 unspecified atom stereocenters. The highest BCUT2D eigenvalue weighted by Crippen LogP contribution is 2.30. The molecule has 26 heavy (non-hydrogen) atoms. The third kappa shape index (κ3) is 8.70. The van der Waals surface area contributed by atoms with E-state index in [4.69, 9.17) is 9.47 Å². The molecule has 1 aromatic rings. The van der Waals surface area contributed by atoms with Gasteiger partial charge in [0.05, 0.1) is 19.8 Å². The molecular formula is C18H29IN4O3. The third-order valence-corrected chi connectivity index (χ3v) is 3.86. The molecule has 3 N–H and O–H groups in total. The zero-order chi connectivity index (χ0) is 17.9. The van der Waals surface area contributed by atoms with Crippen molar-refractivity contribution in [1.29, 1.82) is 0 Å². The predicted molar refractivity (Wildman–Crippen MR) is 113 cm³/mol. The van der Waals surface area contributed by atoms with E-state index in [-0.39, 0.29) is 36.4 Å². The molecule has 1 fully saturated rings. The monoisotopic (exact) mass is 476 g/mol. The number of aliphatic imine (C=N–C) groups is 1. The van der Waals surface area contributed by atoms with E-state index in [2.05, 4.69) is 20.9 Å². The van der Waals surface area contributed by atoms with E-state index in [9.17, 15) is 4.79 Å². The zero-order valence-corrected chi connectivity index (χ0v) is 17.7. The Hall–Kier alpha value is -1.55. The first-order chi connectivity index (χ1) is 12.2. The molecule has 0 bridgehead atoms. The number of methoxy groups -OCH3 is 1. The first kappa shape index (κ1) is 22.5. The molecule has 1 amide bonds. The maximum Gasteiger partial charge on any atom is 0.239 e. The summed E-state index contributed by atoms with van der Waals surface area (Å²) < 4.78 is 10.8. The van der Waals surface area contributed by atoms with Crippen LogP contribution >= 0.6 is 24.0 Å². The minimum absolute atomic E-state index is 0. The van der Waals surface area contributed by atoms with Gasteiger partial charge < -0.3 is 25.4 Å². The Morgan fingerprint density at radius 3 is 2.69 bits per heavy atom. The van der Waals surface area contributed by atoms with Crippen LogP contribution in [-0.4, -0.2) is 52.3 Å². The molecule has 7 nitrogen and oxygen atoms in total. The number of carbonyl (C=O) groups is 1. The SMILES string of the molecule is CN=C(NCC(=O)NCCOC)NCc1ccccc1OCC1CC1.I. The van der Waals surface area contributed by atoms with Gasteiger partial charge in [0.15, 0.2) is 5.96 Å². The van der Waals surface area contributed by atoms with Gasteiger partial charge in [-0.2, -0.15) is 0 Å². The van der Waals surface area contributed by atoms with Crippen molar-refractivity contribution in [1.82, 2.24) is 16.0 Å². The number of halogens is 1. The average molecular weight is 476 g/mol. The van der Waals surface area contributed by atoms with Crippen molar-refractivity contribution >= 4 is 35.8 Å². The highest BCUT2D eigenvalue weighted by Gasteiger charge is 2.22. The maximum absolute atomic E-state index is 11.7. The lowest BCUT2D eigenvalue weighted by molar-refractivity contribution is -0.120. The van der Waals surface area contributed by atoms with Crippen molar-refractivity contribution in [2.75, 3.05) is 40.5 Å². The van der Waals surface area contributed by atoms with Crippen LogP contribution in [0.1, 0.15) is 18.4 Å². The standard InChI is InChI=1S/C18H28N4O3.HI/c1-19-18(22-12-17(23)20-9-10-24-2)21-11-15-5-3-4-6-16(15)25-13-14-7-8-14;/h3-6,14H,7-13H2,1-2H3,(H,20,23)(H2,19,21,22);1H. The molecule has 0 aromatic heterocycles. The van der Waals surface area contributed by atoms with E-state index < -0.39 is 0 Å². The van der Waals surface area contributed by atoms with Gasteiger partial charge in [-0.05, 0) is 24.8 Å². The second kappa shape index (κ2) is 12.7. The molecule has 0 heterocycles. The maximum atomic E-state index is 11.7. The van der Waals surface area contributed by atoms with Crippen LogP contribution in [0.25, 0.3) is 0 Å². The molecule has 1 aromatic carbocycles. The van der Waals surface area contributed by atoms with Gasteiger partial charge >= 0.3 is 0 Å². The van der Waals surface area contributed by atoms with E-state index >= 15 is 0 Å². The molecule has 0 radical (unpaired) electrons. The van der Waals surface area contributed by atoms with Gasteiger partial charge in [0, 0.05) is 32.8 Å². The molecule has 8 heteroatoms. The van der Waals surface area contributed by atoms with Crippen LogP contribution in [0.2, 0.25) is 0 Å². The van der Waals surface area contributed by atoms with Crippen molar-refractivity contribution < 1.29 is 14.3 Å². The number of hydrogen-bond donors (Lipinski definition) is 3. The average Bonchev–Trinajstić information content (AvgIpc) is 3.45. The van der Waals surface area contributed by atoms with Crippen LogP contribution in [0.5, 0.6) is 5.75 Å². The minimum Gasteiger partial charge on any atom is -0.493 e. The van der Waals surface area contributed by atoms with Crippen molar-refractivity contribution in [3.05, 3.63) is 29.8 Å². The van der Waals surface area contributed by atoms with Gasteiger partial charge in [-0.25, -0.2) is 0 Å². The van der Waals surface area contributed by atoms with Gasteiger partial charge in [0.2, 0.25) is 5.91 Å². The minimum atomic E-state index is -0.104. The van der Waals surface area contributed by atoms with Gasteiger partial charge in [0.1, 0.15) is 5.75 Å². The van der Waals surface area contributed by atoms with Crippen LogP contribution in [-0.2, 0) is 16.1 Å². The first-order valence-electron chi connectivity index (χ1n) is 8.63. The van der Waals surface area contributed by atoms with Crippen LogP contribution in [0.3, 0.4) is 0 Å². The van der Waals surface area contributed by atoms with Crippen LogP contribution in [0.4, 0.5) is 0 Å². The number of ether oxygens (including phenoxy) is 2. The zero-order valence-electron chi connectivity index (χ0n) is 15.4. The number of benzene rings is 1. The molecule has 1 saturated carbocycles. The van der Waals surface area contributed by atoms with E-state index in [0.29, 0.717) is 31.6 Å². The lowest BCUT2D eigenvalue weighted by Gasteiger charge is -2.14. The topological polar surface area (TPSA) is 84.0 Å². The number of nitrogens with zero attached hydrogens (tertiary/aromatic N) is 1. The fourth-order valence-corrected chi connectivity index (χ4v) is 2.20. The third-order valence-electron chi connectivity index (χ3n) is 3.86. The summed E-state index contributed by atoms with van der Waals surface area (Å²) in [6.45, 7) is 2.51. The fourth-order valence-electron chi connectivity index (χ4n) is 2.20. The van der Waals surface area contributed by atoms with Gasteiger partial charge in [-0.15, -0.1) is 24.0 Å². The summed E-state index contributed by atoms with van der Waals surface area (Å²) in [6.07, 6.45) is 2.53. The Morgan fingerprint density at radius 1 is 1.23 bits per heavy atom. The summed E-state index contributed by atoms with van der Waals surface area (Å²) in [5.74, 6) is 2.08. The fraction of sp³-hybridized carbons (Fsp3) is 0.556. The first-order valence-corrected chi connectivity index (χ1v) is 8.63. The number of amides is 1. The highest BCUT2D eigenvalue weighted by atomic mass is 127. The van der Waals surface area contributed by atoms with Crippen molar-refractivity contribution in [2.45, 2.75) is 19.4 Å². The highest BCUT2D eigenvalue weighted by molar-refractivity contribution is 14.0. The molecule has 1 aliphatic rings. The summed E-state index contributed by atoms with van der Waals surface area (Å²) in [6, 6.07) is 7.97. The molecule has 146 valence electrons. The van der Waals surface area contributed by atoms with Crippen LogP contribution < -0.4 is 20.7 Å². The predicted octanol–water partition coefficient (Wildman–Crippen LogP) is 1.52. The van der Waals surface area contributed by atoms with Crippen molar-refractivity contribution in [3.8, 4) is 5.75 Å². The van der Waals surface area contributed by atoms with E-state index in [1.54, 1.807) is 14.2 Å². The summed E-state index contributed by atoms with van der Waals surface area (Å²) >= 11 is 0. The summed E-state index contributed by atoms with van der Waals surface area (Å²) in [5.41, 5.74) is 1.07. The smallest absolute Gasteiger partial charge is 0.239 e. The normalized spacial score (nSPS) is 13.5. The molecule has 1 aliphatic carbocycles. The Labute approximate surface area is 172 Å². The van der Waals surface area contributed by atoms with Gasteiger partial charge in [0.25, 0.3) is 0 Å². The Morgan fingerprint density at radius 2 is 2.00 bits per heavy atom. The summed E-state index contributed by atoms with van der Waals surface area (Å²) in [7, 11) is 3.27. The van der Waals surface area contributed by atoms with Gasteiger partial charge in [-0.3, -0.25) is 9.79 Å². The lowest BCUT2D eigenvalue weighted by Crippen LogP contribution is -2.43. The molecular weight excluding hydrogens is 447 g/mol. The quantitative estimate of drug-likeness (QED) is 0.207. The van der Waals surface area contributed by atoms with E-state index in [0.717, 1.165) is 17.9 Å². The molecule has 0 saturated heterocycles. The largest absolute Gasteiger partial charge is 0.493 e. The van der Waals surface area contributed by atoms with Crippen molar-refractivity contribution in [3.63, 3.8) is 0 Å². The molecule has 0 aliphatic heterocycles. The Kier molecular flexibility index (Phi) is 11.0. The van der Waals surface area contributed by atoms with Gasteiger partial charge in [-0.1, -0.05) is 18.2 Å². The number of rotatable bonds is 10. The second-order valence-corrected chi connectivity index (χ2v) is 5.98. The number of para-hydroxylation sites is 1. The van der Waals surface area contributed by atoms with E-state index in [1.807, 2.05) is 24.3 Å². The Balaban J connectivity index is 0.00000338. The summed E-state index contributed by atoms with van der Waals surface area (Å²) in [4.78, 5) is 15.8. The lowest BCUT2D eigenvalue weighted by atomic mass is 10.2. The van der Waals surface area contributed by atoms with Crippen LogP contribution in [0, 0.1) is 5.92 Å². The molecule has 0 spiro atoms. The number of nitrogens with one attached hydrogen (secondary N) is 3. The van der Waals surface area contributed by atoms with Crippen LogP contribution in [0.15, 0.2) is 29.3 Å². The van der Waals surface area contributed by atoms with Crippen molar-refractivity contribution in [2.24, 2.45) is 10.9 Å². The second-order valence-electron chi connectivity index (χ2n) is 5.98. The number of hydrogen-bond acceptors (Lipinski definition) is 4. The number of guanidine groups is 1.